The van der Waals surface area contributed by atoms with Gasteiger partial charge in [0.1, 0.15) is 0 Å². The highest BCUT2D eigenvalue weighted by atomic mass is 32.2. The largest absolute Gasteiger partial charge is 0.327 e. The molecule has 1 saturated carbocycles. The number of hydrogen-bond acceptors (Lipinski definition) is 2. The second-order valence-corrected chi connectivity index (χ2v) is 6.10. The van der Waals surface area contributed by atoms with E-state index >= 15 is 0 Å². The maximum Gasteiger partial charge on any atom is 0.0468 e. The lowest BCUT2D eigenvalue weighted by Crippen LogP contribution is -2.34. The van der Waals surface area contributed by atoms with Crippen LogP contribution in [-0.2, 0) is 10.8 Å². The monoisotopic (exact) mass is 203 g/mol. The molecule has 0 spiro atoms. The Morgan fingerprint density at radius 2 is 1.92 bits per heavy atom. The molecule has 1 aliphatic carbocycles. The van der Waals surface area contributed by atoms with Gasteiger partial charge >= 0.3 is 0 Å². The normalized spacial score (nSPS) is 25.8. The third-order valence-corrected chi connectivity index (χ3v) is 5.09. The second kappa shape index (κ2) is 5.11. The Morgan fingerprint density at radius 1 is 1.38 bits per heavy atom. The van der Waals surface area contributed by atoms with Crippen molar-refractivity contribution in [3.63, 3.8) is 0 Å². The molecule has 78 valence electrons. The summed E-state index contributed by atoms with van der Waals surface area (Å²) in [7, 11) is -0.710. The Balaban J connectivity index is 2.31. The molecule has 0 heterocycles. The van der Waals surface area contributed by atoms with Crippen molar-refractivity contribution in [1.29, 1.82) is 0 Å². The first-order valence-electron chi connectivity index (χ1n) is 5.24. The van der Waals surface area contributed by atoms with Gasteiger partial charge in [-0.1, -0.05) is 12.8 Å². The number of rotatable bonds is 4. The predicted octanol–water partition coefficient (Wildman–Crippen LogP) is 1.66. The van der Waals surface area contributed by atoms with E-state index in [1.165, 1.54) is 25.7 Å². The summed E-state index contributed by atoms with van der Waals surface area (Å²) in [6.45, 7) is 3.94. The van der Waals surface area contributed by atoms with Gasteiger partial charge < -0.3 is 5.73 Å². The molecule has 13 heavy (non-hydrogen) atoms. The molecule has 2 nitrogen and oxygen atoms in total. The van der Waals surface area contributed by atoms with Crippen molar-refractivity contribution in [1.82, 2.24) is 0 Å². The van der Waals surface area contributed by atoms with Crippen molar-refractivity contribution in [3.8, 4) is 0 Å². The summed E-state index contributed by atoms with van der Waals surface area (Å²) in [5, 5.41) is 0.153. The Kier molecular flexibility index (Phi) is 4.39. The van der Waals surface area contributed by atoms with Crippen LogP contribution in [-0.4, -0.2) is 21.3 Å². The Hall–Kier alpha value is 0.110. The molecule has 3 atom stereocenters. The molecule has 1 rings (SSSR count). The highest BCUT2D eigenvalue weighted by molar-refractivity contribution is 7.85. The summed E-state index contributed by atoms with van der Waals surface area (Å²) in [6, 6.07) is 0.0576. The lowest BCUT2D eigenvalue weighted by atomic mass is 10.1. The fourth-order valence-electron chi connectivity index (χ4n) is 1.80. The van der Waals surface area contributed by atoms with E-state index in [0.717, 1.165) is 5.75 Å². The van der Waals surface area contributed by atoms with Gasteiger partial charge in [-0.05, 0) is 32.6 Å². The molecule has 0 aliphatic heterocycles. The van der Waals surface area contributed by atoms with Crippen LogP contribution in [0.3, 0.4) is 0 Å². The maximum absolute atomic E-state index is 11.8. The van der Waals surface area contributed by atoms with Crippen molar-refractivity contribution in [2.45, 2.75) is 50.8 Å². The zero-order valence-electron chi connectivity index (χ0n) is 8.66. The zero-order chi connectivity index (χ0) is 9.84. The minimum absolute atomic E-state index is 0.0576. The van der Waals surface area contributed by atoms with E-state index in [9.17, 15) is 4.21 Å². The lowest BCUT2D eigenvalue weighted by molar-refractivity contribution is 0.592. The van der Waals surface area contributed by atoms with E-state index in [4.69, 9.17) is 5.73 Å². The van der Waals surface area contributed by atoms with Crippen LogP contribution < -0.4 is 5.73 Å². The summed E-state index contributed by atoms with van der Waals surface area (Å²) in [5.41, 5.74) is 5.72. The van der Waals surface area contributed by atoms with Crippen LogP contribution in [0.4, 0.5) is 0 Å². The average molecular weight is 203 g/mol. The molecule has 3 heteroatoms. The summed E-state index contributed by atoms with van der Waals surface area (Å²) in [6.07, 6.45) is 5.21. The van der Waals surface area contributed by atoms with E-state index < -0.39 is 10.8 Å². The second-order valence-electron chi connectivity index (χ2n) is 4.26. The molecule has 1 aliphatic rings. The highest BCUT2D eigenvalue weighted by Crippen LogP contribution is 2.26. The van der Waals surface area contributed by atoms with E-state index in [1.54, 1.807) is 0 Å². The van der Waals surface area contributed by atoms with Crippen molar-refractivity contribution in [2.75, 3.05) is 5.75 Å². The lowest BCUT2D eigenvalue weighted by Gasteiger charge is -2.17. The third kappa shape index (κ3) is 3.39. The van der Waals surface area contributed by atoms with Gasteiger partial charge in [0.25, 0.3) is 0 Å². The summed E-state index contributed by atoms with van der Waals surface area (Å²) < 4.78 is 11.8. The minimum Gasteiger partial charge on any atom is -0.327 e. The number of hydrogen-bond donors (Lipinski definition) is 1. The third-order valence-electron chi connectivity index (χ3n) is 3.03. The summed E-state index contributed by atoms with van der Waals surface area (Å²) in [4.78, 5) is 0. The van der Waals surface area contributed by atoms with Crippen LogP contribution in [0.5, 0.6) is 0 Å². The number of nitrogens with two attached hydrogens (primary N) is 1. The van der Waals surface area contributed by atoms with E-state index in [1.807, 2.05) is 13.8 Å². The van der Waals surface area contributed by atoms with Crippen LogP contribution in [0.2, 0.25) is 0 Å². The average Bonchev–Trinajstić information content (AvgIpc) is 2.55. The molecule has 0 aromatic carbocycles. The molecule has 0 bridgehead atoms. The Bertz CT molecular complexity index is 176. The Morgan fingerprint density at radius 3 is 2.38 bits per heavy atom. The van der Waals surface area contributed by atoms with Gasteiger partial charge in [0.15, 0.2) is 0 Å². The molecule has 0 saturated heterocycles. The maximum atomic E-state index is 11.8. The molecule has 1 fully saturated rings. The summed E-state index contributed by atoms with van der Waals surface area (Å²) in [5.74, 6) is 1.59. The van der Waals surface area contributed by atoms with E-state index in [0.29, 0.717) is 5.92 Å². The molecule has 0 radical (unpaired) electrons. The zero-order valence-corrected chi connectivity index (χ0v) is 9.48. The van der Waals surface area contributed by atoms with Crippen LogP contribution >= 0.6 is 0 Å². The van der Waals surface area contributed by atoms with Gasteiger partial charge in [-0.15, -0.1) is 0 Å². The fourth-order valence-corrected chi connectivity index (χ4v) is 3.38. The topological polar surface area (TPSA) is 43.1 Å². The van der Waals surface area contributed by atoms with Crippen molar-refractivity contribution in [3.05, 3.63) is 0 Å². The molecule has 2 N–H and O–H groups in total. The first kappa shape index (κ1) is 11.2. The van der Waals surface area contributed by atoms with Gasteiger partial charge in [0, 0.05) is 27.8 Å². The van der Waals surface area contributed by atoms with Crippen molar-refractivity contribution >= 4 is 10.8 Å². The molecule has 3 unspecified atom stereocenters. The quantitative estimate of drug-likeness (QED) is 0.755. The van der Waals surface area contributed by atoms with Crippen molar-refractivity contribution in [2.24, 2.45) is 11.7 Å². The predicted molar refractivity (Wildman–Crippen MR) is 58.1 cm³/mol. The summed E-state index contributed by atoms with van der Waals surface area (Å²) >= 11 is 0. The smallest absolute Gasteiger partial charge is 0.0468 e. The van der Waals surface area contributed by atoms with Crippen LogP contribution in [0.15, 0.2) is 0 Å². The SMILES string of the molecule is CC(N)C(C)S(=O)CC1CCCC1. The molecule has 0 aromatic heterocycles. The standard InChI is InChI=1S/C10H21NOS/c1-8(11)9(2)13(12)7-10-5-3-4-6-10/h8-10H,3-7,11H2,1-2H3. The molecular formula is C10H21NOS. The van der Waals surface area contributed by atoms with E-state index in [-0.39, 0.29) is 11.3 Å². The van der Waals surface area contributed by atoms with Gasteiger partial charge in [-0.2, -0.15) is 0 Å². The van der Waals surface area contributed by atoms with E-state index in [2.05, 4.69) is 0 Å². The first-order valence-corrected chi connectivity index (χ1v) is 6.62. The van der Waals surface area contributed by atoms with Crippen LogP contribution in [0, 0.1) is 5.92 Å². The van der Waals surface area contributed by atoms with Gasteiger partial charge in [-0.25, -0.2) is 0 Å². The highest BCUT2D eigenvalue weighted by Gasteiger charge is 2.22. The first-order chi connectivity index (χ1) is 6.11. The fraction of sp³-hybridized carbons (Fsp3) is 1.00. The van der Waals surface area contributed by atoms with Gasteiger partial charge in [0.05, 0.1) is 0 Å². The molecular weight excluding hydrogens is 182 g/mol. The minimum atomic E-state index is -0.710. The van der Waals surface area contributed by atoms with Crippen LogP contribution in [0.1, 0.15) is 39.5 Å². The van der Waals surface area contributed by atoms with Gasteiger partial charge in [-0.3, -0.25) is 4.21 Å². The molecule has 0 amide bonds. The molecule has 0 aromatic rings. The van der Waals surface area contributed by atoms with Crippen LogP contribution in [0.25, 0.3) is 0 Å². The Labute approximate surface area is 83.7 Å². The van der Waals surface area contributed by atoms with Gasteiger partial charge in [0.2, 0.25) is 0 Å². The van der Waals surface area contributed by atoms with Crippen molar-refractivity contribution < 1.29 is 4.21 Å².